The highest BCUT2D eigenvalue weighted by atomic mass is 16.6. The average Bonchev–Trinajstić information content (AvgIpc) is 2.60. The largest absolute Gasteiger partial charge is 0.459 e. The molecule has 0 amide bonds. The van der Waals surface area contributed by atoms with Crippen LogP contribution in [0.2, 0.25) is 0 Å². The molecule has 1 aromatic carbocycles. The minimum Gasteiger partial charge on any atom is -0.459 e. The molecule has 0 unspecified atom stereocenters. The minimum absolute atomic E-state index is 0.248. The maximum atomic E-state index is 12.1. The molecule has 1 aromatic rings. The summed E-state index contributed by atoms with van der Waals surface area (Å²) in [7, 11) is 0. The standard InChI is InChI=1S/C18H20O8/c1-11(19)25-14-8-9-15(26-12(2)20)18(23,16(14)21)10-24-17(22)13-6-4-3-5-7-13/h3-9,14-16,21,23H,10H2,1-2H3/t14-,15-,16+,18+/m0/s1. The third-order valence-electron chi connectivity index (χ3n) is 3.83. The number of hydrogen-bond donors (Lipinski definition) is 2. The van der Waals surface area contributed by atoms with E-state index in [1.807, 2.05) is 0 Å². The van der Waals surface area contributed by atoms with Gasteiger partial charge in [-0.15, -0.1) is 0 Å². The van der Waals surface area contributed by atoms with Crippen molar-refractivity contribution in [3.05, 3.63) is 48.0 Å². The number of rotatable bonds is 5. The third-order valence-corrected chi connectivity index (χ3v) is 3.83. The topological polar surface area (TPSA) is 119 Å². The SMILES string of the molecule is CC(=O)O[C@H]1C=C[C@H](OC(C)=O)[C@](O)(COC(=O)c2ccccc2)[C@@H]1O. The number of esters is 3. The second kappa shape index (κ2) is 8.11. The number of hydrogen-bond acceptors (Lipinski definition) is 8. The molecule has 0 saturated heterocycles. The van der Waals surface area contributed by atoms with E-state index in [0.29, 0.717) is 0 Å². The number of ether oxygens (including phenoxy) is 3. The maximum Gasteiger partial charge on any atom is 0.338 e. The molecule has 0 aromatic heterocycles. The Bertz CT molecular complexity index is 698. The summed E-state index contributed by atoms with van der Waals surface area (Å²) in [5.41, 5.74) is -1.94. The first-order valence-corrected chi connectivity index (χ1v) is 7.89. The highest BCUT2D eigenvalue weighted by molar-refractivity contribution is 5.89. The molecule has 0 heterocycles. The van der Waals surface area contributed by atoms with Gasteiger partial charge in [-0.05, 0) is 24.3 Å². The zero-order valence-corrected chi connectivity index (χ0v) is 14.3. The quantitative estimate of drug-likeness (QED) is 0.437. The molecule has 2 N–H and O–H groups in total. The molecule has 0 bridgehead atoms. The minimum atomic E-state index is -2.19. The van der Waals surface area contributed by atoms with Crippen LogP contribution < -0.4 is 0 Å². The molecule has 0 saturated carbocycles. The van der Waals surface area contributed by atoms with Crippen LogP contribution in [0, 0.1) is 0 Å². The summed E-state index contributed by atoms with van der Waals surface area (Å²) in [6.45, 7) is 1.60. The Morgan fingerprint density at radius 3 is 2.23 bits per heavy atom. The summed E-state index contributed by atoms with van der Waals surface area (Å²) in [6, 6.07) is 8.05. The number of aliphatic hydroxyl groups is 2. The van der Waals surface area contributed by atoms with Crippen LogP contribution >= 0.6 is 0 Å². The summed E-state index contributed by atoms with van der Waals surface area (Å²) in [6.07, 6.45) is -1.57. The molecule has 2 rings (SSSR count). The Kier molecular flexibility index (Phi) is 6.12. The molecule has 0 spiro atoms. The summed E-state index contributed by atoms with van der Waals surface area (Å²) in [5.74, 6) is -2.11. The monoisotopic (exact) mass is 364 g/mol. The summed E-state index contributed by atoms with van der Waals surface area (Å²) in [5, 5.41) is 21.3. The molecule has 8 nitrogen and oxygen atoms in total. The van der Waals surface area contributed by atoms with Gasteiger partial charge in [0.1, 0.15) is 18.8 Å². The van der Waals surface area contributed by atoms with Gasteiger partial charge in [0.25, 0.3) is 0 Å². The van der Waals surface area contributed by atoms with Crippen LogP contribution in [0.4, 0.5) is 0 Å². The van der Waals surface area contributed by atoms with Crippen molar-refractivity contribution in [2.24, 2.45) is 0 Å². The highest BCUT2D eigenvalue weighted by Gasteiger charge is 2.52. The van der Waals surface area contributed by atoms with E-state index in [4.69, 9.17) is 14.2 Å². The van der Waals surface area contributed by atoms with Crippen LogP contribution in [-0.2, 0) is 23.8 Å². The van der Waals surface area contributed by atoms with E-state index in [1.165, 1.54) is 24.3 Å². The molecule has 1 aliphatic carbocycles. The van der Waals surface area contributed by atoms with Crippen molar-refractivity contribution in [1.29, 1.82) is 0 Å². The Labute approximate surface area is 150 Å². The van der Waals surface area contributed by atoms with Gasteiger partial charge in [-0.1, -0.05) is 18.2 Å². The van der Waals surface area contributed by atoms with Gasteiger partial charge in [0.15, 0.2) is 11.7 Å². The zero-order chi connectivity index (χ0) is 19.3. The van der Waals surface area contributed by atoms with E-state index in [-0.39, 0.29) is 5.56 Å². The summed E-state index contributed by atoms with van der Waals surface area (Å²) in [4.78, 5) is 34.5. The van der Waals surface area contributed by atoms with Crippen molar-refractivity contribution in [2.45, 2.75) is 37.8 Å². The lowest BCUT2D eigenvalue weighted by Gasteiger charge is -2.41. The van der Waals surface area contributed by atoms with E-state index in [9.17, 15) is 24.6 Å². The second-order valence-electron chi connectivity index (χ2n) is 5.87. The lowest BCUT2D eigenvalue weighted by atomic mass is 9.82. The van der Waals surface area contributed by atoms with Gasteiger partial charge in [-0.3, -0.25) is 9.59 Å². The number of carbonyl (C=O) groups is 3. The Hall–Kier alpha value is -2.71. The fraction of sp³-hybridized carbons (Fsp3) is 0.389. The first kappa shape index (κ1) is 19.6. The van der Waals surface area contributed by atoms with E-state index in [1.54, 1.807) is 18.2 Å². The van der Waals surface area contributed by atoms with Crippen LogP contribution in [0.15, 0.2) is 42.5 Å². The number of aliphatic hydroxyl groups excluding tert-OH is 1. The van der Waals surface area contributed by atoms with Crippen LogP contribution in [0.5, 0.6) is 0 Å². The van der Waals surface area contributed by atoms with Gasteiger partial charge in [0.05, 0.1) is 5.56 Å². The van der Waals surface area contributed by atoms with Crippen molar-refractivity contribution in [3.63, 3.8) is 0 Å². The predicted molar refractivity (Wildman–Crippen MR) is 87.9 cm³/mol. The van der Waals surface area contributed by atoms with E-state index >= 15 is 0 Å². The van der Waals surface area contributed by atoms with Crippen molar-refractivity contribution < 1.29 is 38.8 Å². The first-order valence-electron chi connectivity index (χ1n) is 7.89. The molecular formula is C18H20O8. The van der Waals surface area contributed by atoms with E-state index in [2.05, 4.69) is 0 Å². The van der Waals surface area contributed by atoms with Gasteiger partial charge in [0.2, 0.25) is 0 Å². The molecular weight excluding hydrogens is 344 g/mol. The first-order chi connectivity index (χ1) is 12.2. The molecule has 0 fully saturated rings. The highest BCUT2D eigenvalue weighted by Crippen LogP contribution is 2.30. The third kappa shape index (κ3) is 4.47. The van der Waals surface area contributed by atoms with Crippen LogP contribution in [0.3, 0.4) is 0 Å². The van der Waals surface area contributed by atoms with Gasteiger partial charge < -0.3 is 24.4 Å². The molecule has 1 aliphatic rings. The van der Waals surface area contributed by atoms with Crippen molar-refractivity contribution in [3.8, 4) is 0 Å². The molecule has 0 aliphatic heterocycles. The number of benzene rings is 1. The van der Waals surface area contributed by atoms with Crippen LogP contribution in [-0.4, -0.2) is 58.6 Å². The van der Waals surface area contributed by atoms with Crippen LogP contribution in [0.1, 0.15) is 24.2 Å². The molecule has 8 heteroatoms. The predicted octanol–water partition coefficient (Wildman–Crippen LogP) is 0.369. The van der Waals surface area contributed by atoms with Crippen LogP contribution in [0.25, 0.3) is 0 Å². The summed E-state index contributed by atoms with van der Waals surface area (Å²) < 4.78 is 15.0. The van der Waals surface area contributed by atoms with Crippen molar-refractivity contribution in [2.75, 3.05) is 6.61 Å². The van der Waals surface area contributed by atoms with Gasteiger partial charge in [-0.2, -0.15) is 0 Å². The Morgan fingerprint density at radius 2 is 1.65 bits per heavy atom. The smallest absolute Gasteiger partial charge is 0.338 e. The van der Waals surface area contributed by atoms with Gasteiger partial charge in [0, 0.05) is 13.8 Å². The van der Waals surface area contributed by atoms with Crippen molar-refractivity contribution >= 4 is 17.9 Å². The average molecular weight is 364 g/mol. The fourth-order valence-corrected chi connectivity index (χ4v) is 2.56. The summed E-state index contributed by atoms with van der Waals surface area (Å²) >= 11 is 0. The second-order valence-corrected chi connectivity index (χ2v) is 5.87. The van der Waals surface area contributed by atoms with Gasteiger partial charge in [-0.25, -0.2) is 4.79 Å². The van der Waals surface area contributed by atoms with Crippen molar-refractivity contribution in [1.82, 2.24) is 0 Å². The number of carbonyl (C=O) groups excluding carboxylic acids is 3. The lowest BCUT2D eigenvalue weighted by molar-refractivity contribution is -0.205. The Balaban J connectivity index is 2.20. The molecule has 4 atom stereocenters. The molecule has 140 valence electrons. The molecule has 0 radical (unpaired) electrons. The maximum absolute atomic E-state index is 12.1. The lowest BCUT2D eigenvalue weighted by Crippen LogP contribution is -2.62. The van der Waals surface area contributed by atoms with Gasteiger partial charge >= 0.3 is 17.9 Å². The van der Waals surface area contributed by atoms with E-state index < -0.39 is 48.4 Å². The van der Waals surface area contributed by atoms with E-state index in [0.717, 1.165) is 13.8 Å². The zero-order valence-electron chi connectivity index (χ0n) is 14.3. The molecule has 26 heavy (non-hydrogen) atoms. The normalized spacial score (nSPS) is 27.5. The Morgan fingerprint density at radius 1 is 1.04 bits per heavy atom. The fourth-order valence-electron chi connectivity index (χ4n) is 2.56.